The first-order chi connectivity index (χ1) is 5.99. The number of aliphatic carboxylic acids is 1. The van der Waals surface area contributed by atoms with Crippen LogP contribution in [0.15, 0.2) is 23.3 Å². The summed E-state index contributed by atoms with van der Waals surface area (Å²) in [6.45, 7) is 3.00. The number of carboxylic acids is 1. The second kappa shape index (κ2) is 10.9. The summed E-state index contributed by atoms with van der Waals surface area (Å²) in [4.78, 5) is 21.2. The van der Waals surface area contributed by atoms with Crippen molar-refractivity contribution in [3.05, 3.63) is 23.3 Å². The van der Waals surface area contributed by atoms with Crippen LogP contribution in [0, 0.1) is 0 Å². The number of carbonyl (C=O) groups is 2. The van der Waals surface area contributed by atoms with E-state index in [1.54, 1.807) is 6.92 Å². The number of esters is 1. The number of hydrogen-bond donors (Lipinski definition) is 1. The molecule has 0 aliphatic rings. The molecule has 0 fully saturated rings. The van der Waals surface area contributed by atoms with Gasteiger partial charge in [-0.25, -0.2) is 9.59 Å². The molecule has 76 valence electrons. The van der Waals surface area contributed by atoms with Gasteiger partial charge in [-0.3, -0.25) is 0 Å². The summed E-state index contributed by atoms with van der Waals surface area (Å²) in [6, 6.07) is 0. The van der Waals surface area contributed by atoms with Crippen LogP contribution >= 0.6 is 0 Å². The van der Waals surface area contributed by atoms with Gasteiger partial charge in [-0.15, -0.1) is 0 Å². The molecule has 4 nitrogen and oxygen atoms in total. The molecule has 0 saturated heterocycles. The third kappa shape index (κ3) is 9.35. The third-order valence-electron chi connectivity index (χ3n) is 1.43. The topological polar surface area (TPSA) is 63.6 Å². The Labute approximate surface area is 136 Å². The molecule has 0 spiro atoms. The zero-order valence-electron chi connectivity index (χ0n) is 11.8. The van der Waals surface area contributed by atoms with Crippen LogP contribution in [0.4, 0.5) is 0 Å². The average molecular weight is 232 g/mol. The second-order valence-corrected chi connectivity index (χ2v) is 2.50. The number of methoxy groups -OCH3 is 1. The summed E-state index contributed by atoms with van der Waals surface area (Å²) in [7, 11) is 1.27. The third-order valence-corrected chi connectivity index (χ3v) is 1.43. The molecule has 1 N–H and O–H groups in total. The van der Waals surface area contributed by atoms with Crippen molar-refractivity contribution in [2.24, 2.45) is 0 Å². The van der Waals surface area contributed by atoms with Crippen LogP contribution in [-0.2, 0) is 14.3 Å². The number of rotatable bonds is 3. The first-order valence-electron chi connectivity index (χ1n) is 3.65. The van der Waals surface area contributed by atoms with E-state index >= 15 is 0 Å². The second-order valence-electron chi connectivity index (χ2n) is 2.50. The van der Waals surface area contributed by atoms with Gasteiger partial charge in [0.2, 0.25) is 0 Å². The van der Waals surface area contributed by atoms with E-state index in [4.69, 9.17) is 5.11 Å². The molecule has 6 heteroatoms. The molecule has 0 rings (SSSR count). The maximum Gasteiger partial charge on any atom is 1.00 e. The summed E-state index contributed by atoms with van der Waals surface area (Å²) in [5, 5.41) is 8.48. The normalized spacial score (nSPS) is 10.9. The minimum Gasteiger partial charge on any atom is -1.00 e. The predicted octanol–water partition coefficient (Wildman–Crippen LogP) is -4.63. The van der Waals surface area contributed by atoms with Crippen LogP contribution in [-0.4, -0.2) is 24.2 Å². The minimum absolute atomic E-state index is 0. The Morgan fingerprint density at radius 2 is 1.53 bits per heavy atom. The maximum atomic E-state index is 10.8. The molecule has 0 aliphatic heterocycles. The molecule has 0 aromatic carbocycles. The first-order valence-corrected chi connectivity index (χ1v) is 3.65. The van der Waals surface area contributed by atoms with Gasteiger partial charge in [-0.05, 0) is 13.8 Å². The monoisotopic (exact) mass is 232 g/mol. The molecule has 0 atom stereocenters. The Hall–Kier alpha value is 0.420. The summed E-state index contributed by atoms with van der Waals surface area (Å²) in [6.07, 6.45) is 2.77. The van der Waals surface area contributed by atoms with Gasteiger partial charge >= 0.3 is 71.1 Å². The summed E-state index contributed by atoms with van der Waals surface area (Å²) in [5.74, 6) is -1.47. The van der Waals surface area contributed by atoms with Crippen LogP contribution in [0.2, 0.25) is 0 Å². The number of ether oxygens (including phenoxy) is 1. The SMILES string of the molecule is COC(=O)C(C)=CC=C(C)C(=O)O.[H-].[H-].[Na+].[Na+]. The van der Waals surface area contributed by atoms with Crippen LogP contribution in [0.5, 0.6) is 0 Å². The van der Waals surface area contributed by atoms with Crippen molar-refractivity contribution in [1.82, 2.24) is 0 Å². The molecule has 0 heterocycles. The van der Waals surface area contributed by atoms with Crippen molar-refractivity contribution in [3.63, 3.8) is 0 Å². The van der Waals surface area contributed by atoms with Crippen molar-refractivity contribution in [2.45, 2.75) is 13.8 Å². The molecule has 0 aromatic heterocycles. The van der Waals surface area contributed by atoms with Gasteiger partial charge in [-0.2, -0.15) is 0 Å². The molecule has 0 aliphatic carbocycles. The van der Waals surface area contributed by atoms with Crippen LogP contribution < -0.4 is 59.1 Å². The van der Waals surface area contributed by atoms with Gasteiger partial charge in [0, 0.05) is 11.1 Å². The van der Waals surface area contributed by atoms with Gasteiger partial charge in [0.15, 0.2) is 0 Å². The van der Waals surface area contributed by atoms with E-state index in [1.807, 2.05) is 0 Å². The van der Waals surface area contributed by atoms with Crippen LogP contribution in [0.1, 0.15) is 16.7 Å². The average Bonchev–Trinajstić information content (AvgIpc) is 2.11. The minimum atomic E-state index is -1.01. The Kier molecular flexibility index (Phi) is 15.1. The quantitative estimate of drug-likeness (QED) is 0.230. The van der Waals surface area contributed by atoms with E-state index in [9.17, 15) is 9.59 Å². The smallest absolute Gasteiger partial charge is 1.00 e. The van der Waals surface area contributed by atoms with Gasteiger partial charge in [0.1, 0.15) is 0 Å². The molecular weight excluding hydrogens is 218 g/mol. The van der Waals surface area contributed by atoms with Crippen LogP contribution in [0.25, 0.3) is 0 Å². The number of carbonyl (C=O) groups excluding carboxylic acids is 1. The largest absolute Gasteiger partial charge is 1.00 e. The molecule has 0 radical (unpaired) electrons. The van der Waals surface area contributed by atoms with E-state index in [1.165, 1.54) is 26.2 Å². The molecule has 0 bridgehead atoms. The van der Waals surface area contributed by atoms with Gasteiger partial charge in [-0.1, -0.05) is 12.2 Å². The standard InChI is InChI=1S/C9H12O4.2Na.2H/c1-6(8(10)11)4-5-7(2)9(12)13-3;;;;/h4-5H,1-3H3,(H,10,11);;;;/q;2*+1;2*-1. The Balaban J connectivity index is -0.000000120. The van der Waals surface area contributed by atoms with Crippen molar-refractivity contribution in [2.75, 3.05) is 7.11 Å². The van der Waals surface area contributed by atoms with E-state index < -0.39 is 11.9 Å². The molecule has 0 amide bonds. The Bertz CT molecular complexity index is 291. The van der Waals surface area contributed by atoms with Crippen molar-refractivity contribution in [1.29, 1.82) is 0 Å². The Morgan fingerprint density at radius 3 is 1.87 bits per heavy atom. The van der Waals surface area contributed by atoms with Gasteiger partial charge in [0.25, 0.3) is 0 Å². The fourth-order valence-electron chi connectivity index (χ4n) is 0.550. The molecule has 0 saturated carbocycles. The molecular formula is C9H14Na2O4. The van der Waals surface area contributed by atoms with Crippen molar-refractivity contribution < 1.29 is 81.4 Å². The van der Waals surface area contributed by atoms with E-state index in [-0.39, 0.29) is 67.5 Å². The summed E-state index contributed by atoms with van der Waals surface area (Å²) < 4.78 is 4.42. The van der Waals surface area contributed by atoms with E-state index in [0.29, 0.717) is 5.57 Å². The van der Waals surface area contributed by atoms with E-state index in [0.717, 1.165) is 0 Å². The van der Waals surface area contributed by atoms with Gasteiger partial charge < -0.3 is 12.7 Å². The number of carboxylic acid groups (broad SMARTS) is 1. The van der Waals surface area contributed by atoms with E-state index in [2.05, 4.69) is 4.74 Å². The molecule has 15 heavy (non-hydrogen) atoms. The Morgan fingerprint density at radius 1 is 1.13 bits per heavy atom. The van der Waals surface area contributed by atoms with Crippen LogP contribution in [0.3, 0.4) is 0 Å². The zero-order valence-corrected chi connectivity index (χ0v) is 13.8. The zero-order chi connectivity index (χ0) is 10.4. The summed E-state index contributed by atoms with van der Waals surface area (Å²) >= 11 is 0. The number of hydrogen-bond acceptors (Lipinski definition) is 3. The predicted molar refractivity (Wildman–Crippen MR) is 49.4 cm³/mol. The fraction of sp³-hybridized carbons (Fsp3) is 0.333. The first kappa shape index (κ1) is 20.8. The van der Waals surface area contributed by atoms with Crippen molar-refractivity contribution in [3.8, 4) is 0 Å². The van der Waals surface area contributed by atoms with Crippen molar-refractivity contribution >= 4 is 11.9 Å². The maximum absolute atomic E-state index is 10.8. The summed E-state index contributed by atoms with van der Waals surface area (Å²) in [5.41, 5.74) is 0.534. The number of allylic oxidation sites excluding steroid dienone is 2. The molecule has 0 aromatic rings. The fourth-order valence-corrected chi connectivity index (χ4v) is 0.550. The van der Waals surface area contributed by atoms with Gasteiger partial charge in [0.05, 0.1) is 7.11 Å². The molecule has 0 unspecified atom stereocenters.